The fourth-order valence-corrected chi connectivity index (χ4v) is 4.25. The highest BCUT2D eigenvalue weighted by Gasteiger charge is 2.44. The van der Waals surface area contributed by atoms with E-state index >= 15 is 0 Å². The van der Waals surface area contributed by atoms with E-state index in [0.29, 0.717) is 5.54 Å². The van der Waals surface area contributed by atoms with E-state index in [1.165, 1.54) is 58.3 Å². The minimum Gasteiger partial charge on any atom is -0.329 e. The van der Waals surface area contributed by atoms with Crippen molar-refractivity contribution in [3.63, 3.8) is 0 Å². The highest BCUT2D eigenvalue weighted by molar-refractivity contribution is 5.01. The van der Waals surface area contributed by atoms with Crippen LogP contribution < -0.4 is 5.73 Å². The minimum absolute atomic E-state index is 0.298. The van der Waals surface area contributed by atoms with Crippen LogP contribution in [0.5, 0.6) is 0 Å². The van der Waals surface area contributed by atoms with Crippen molar-refractivity contribution in [3.05, 3.63) is 0 Å². The van der Waals surface area contributed by atoms with Gasteiger partial charge in [0.15, 0.2) is 0 Å². The van der Waals surface area contributed by atoms with Gasteiger partial charge in [-0.15, -0.1) is 0 Å². The molecule has 0 aromatic rings. The number of likely N-dealkylation sites (N-methyl/N-ethyl adjacent to an activating group) is 1. The molecule has 1 aliphatic carbocycles. The average Bonchev–Trinajstić information content (AvgIpc) is 2.91. The van der Waals surface area contributed by atoms with Gasteiger partial charge in [-0.2, -0.15) is 0 Å². The first-order valence-electron chi connectivity index (χ1n) is 8.85. The smallest absolute Gasteiger partial charge is 0.0359 e. The van der Waals surface area contributed by atoms with Crippen LogP contribution in [0.1, 0.15) is 59.8 Å². The normalized spacial score (nSPS) is 26.9. The minimum atomic E-state index is 0.298. The van der Waals surface area contributed by atoms with E-state index in [2.05, 4.69) is 37.5 Å². The van der Waals surface area contributed by atoms with Gasteiger partial charge in [-0.05, 0) is 57.9 Å². The lowest BCUT2D eigenvalue weighted by molar-refractivity contribution is 0.0565. The van der Waals surface area contributed by atoms with E-state index < -0.39 is 0 Å². The van der Waals surface area contributed by atoms with Crippen molar-refractivity contribution in [2.75, 3.05) is 39.3 Å². The fourth-order valence-electron chi connectivity index (χ4n) is 4.25. The predicted molar refractivity (Wildman–Crippen MR) is 89.1 cm³/mol. The molecule has 0 aromatic heterocycles. The van der Waals surface area contributed by atoms with Gasteiger partial charge in [0.1, 0.15) is 0 Å². The molecule has 3 nitrogen and oxygen atoms in total. The Labute approximate surface area is 126 Å². The van der Waals surface area contributed by atoms with E-state index in [9.17, 15) is 0 Å². The Hall–Kier alpha value is -0.120. The van der Waals surface area contributed by atoms with Gasteiger partial charge in [0.2, 0.25) is 0 Å². The van der Waals surface area contributed by atoms with Crippen LogP contribution in [0.25, 0.3) is 0 Å². The maximum Gasteiger partial charge on any atom is 0.0359 e. The van der Waals surface area contributed by atoms with E-state index in [1.54, 1.807) is 0 Å². The third kappa shape index (κ3) is 3.96. The molecule has 120 valence electrons. The van der Waals surface area contributed by atoms with Crippen molar-refractivity contribution < 1.29 is 0 Å². The van der Waals surface area contributed by atoms with Crippen molar-refractivity contribution in [1.29, 1.82) is 0 Å². The lowest BCUT2D eigenvalue weighted by Crippen LogP contribution is -2.56. The molecule has 1 fully saturated rings. The first kappa shape index (κ1) is 17.9. The van der Waals surface area contributed by atoms with Crippen LogP contribution in [0.15, 0.2) is 0 Å². The molecule has 1 saturated carbocycles. The van der Waals surface area contributed by atoms with Gasteiger partial charge in [0, 0.05) is 12.1 Å². The third-order valence-corrected chi connectivity index (χ3v) is 5.58. The summed E-state index contributed by atoms with van der Waals surface area (Å²) in [6.07, 6.45) is 6.60. The van der Waals surface area contributed by atoms with Crippen molar-refractivity contribution in [3.8, 4) is 0 Å². The molecule has 0 aliphatic heterocycles. The summed E-state index contributed by atoms with van der Waals surface area (Å²) in [6.45, 7) is 15.9. The van der Waals surface area contributed by atoms with Gasteiger partial charge in [-0.3, -0.25) is 4.90 Å². The second kappa shape index (κ2) is 9.01. The highest BCUT2D eigenvalue weighted by Crippen LogP contribution is 2.41. The van der Waals surface area contributed by atoms with Crippen LogP contribution >= 0.6 is 0 Å². The van der Waals surface area contributed by atoms with E-state index in [4.69, 9.17) is 5.73 Å². The molecule has 0 heterocycles. The second-order valence-corrected chi connectivity index (χ2v) is 6.27. The summed E-state index contributed by atoms with van der Waals surface area (Å²) in [7, 11) is 0. The van der Waals surface area contributed by atoms with Gasteiger partial charge >= 0.3 is 0 Å². The van der Waals surface area contributed by atoms with Crippen molar-refractivity contribution in [1.82, 2.24) is 9.80 Å². The number of hydrogen-bond donors (Lipinski definition) is 1. The van der Waals surface area contributed by atoms with Gasteiger partial charge < -0.3 is 10.6 Å². The van der Waals surface area contributed by atoms with Crippen molar-refractivity contribution in [2.45, 2.75) is 65.3 Å². The quantitative estimate of drug-likeness (QED) is 0.669. The number of rotatable bonds is 10. The van der Waals surface area contributed by atoms with E-state index in [-0.39, 0.29) is 0 Å². The summed E-state index contributed by atoms with van der Waals surface area (Å²) in [4.78, 5) is 5.23. The second-order valence-electron chi connectivity index (χ2n) is 6.27. The molecule has 2 N–H and O–H groups in total. The molecular formula is C17H37N3. The van der Waals surface area contributed by atoms with Gasteiger partial charge in [-0.25, -0.2) is 0 Å². The van der Waals surface area contributed by atoms with Crippen LogP contribution in [0, 0.1) is 5.92 Å². The van der Waals surface area contributed by atoms with Crippen LogP contribution in [0.3, 0.4) is 0 Å². The molecular weight excluding hydrogens is 246 g/mol. The van der Waals surface area contributed by atoms with Crippen molar-refractivity contribution in [2.24, 2.45) is 11.7 Å². The Morgan fingerprint density at radius 3 is 2.25 bits per heavy atom. The third-order valence-electron chi connectivity index (χ3n) is 5.58. The Morgan fingerprint density at radius 2 is 1.75 bits per heavy atom. The SMILES string of the molecule is CCC1CCCC1(CN)N(CC)CCCN(CC)CC. The highest BCUT2D eigenvalue weighted by atomic mass is 15.2. The molecule has 0 saturated heterocycles. The van der Waals surface area contributed by atoms with Crippen LogP contribution in [0.4, 0.5) is 0 Å². The molecule has 2 unspecified atom stereocenters. The van der Waals surface area contributed by atoms with Crippen molar-refractivity contribution >= 4 is 0 Å². The standard InChI is InChI=1S/C17H37N3/c1-5-16-11-9-12-17(16,15-18)20(8-4)14-10-13-19(6-2)7-3/h16H,5-15,18H2,1-4H3. The summed E-state index contributed by atoms with van der Waals surface area (Å²) in [6, 6.07) is 0. The maximum absolute atomic E-state index is 6.24. The van der Waals surface area contributed by atoms with Crippen LogP contribution in [0.2, 0.25) is 0 Å². The lowest BCUT2D eigenvalue weighted by atomic mass is 9.83. The monoisotopic (exact) mass is 283 g/mol. The topological polar surface area (TPSA) is 32.5 Å². The molecule has 2 atom stereocenters. The zero-order valence-electron chi connectivity index (χ0n) is 14.3. The summed E-state index contributed by atoms with van der Waals surface area (Å²) in [5, 5.41) is 0. The van der Waals surface area contributed by atoms with Crippen LogP contribution in [-0.2, 0) is 0 Å². The summed E-state index contributed by atoms with van der Waals surface area (Å²) >= 11 is 0. The Morgan fingerprint density at radius 1 is 1.05 bits per heavy atom. The number of hydrogen-bond acceptors (Lipinski definition) is 3. The molecule has 1 rings (SSSR count). The molecule has 0 aromatic carbocycles. The molecule has 3 heteroatoms. The van der Waals surface area contributed by atoms with Gasteiger partial charge in [-0.1, -0.05) is 40.5 Å². The Kier molecular flexibility index (Phi) is 8.08. The zero-order chi connectivity index (χ0) is 15.0. The van der Waals surface area contributed by atoms with Gasteiger partial charge in [0.05, 0.1) is 0 Å². The number of nitrogens with zero attached hydrogens (tertiary/aromatic N) is 2. The Balaban J connectivity index is 2.59. The van der Waals surface area contributed by atoms with Crippen LogP contribution in [-0.4, -0.2) is 54.6 Å². The first-order valence-corrected chi connectivity index (χ1v) is 8.85. The molecule has 0 amide bonds. The molecule has 0 radical (unpaired) electrons. The molecule has 0 bridgehead atoms. The molecule has 20 heavy (non-hydrogen) atoms. The first-order chi connectivity index (χ1) is 9.68. The molecule has 0 spiro atoms. The van der Waals surface area contributed by atoms with E-state index in [1.807, 2.05) is 0 Å². The summed E-state index contributed by atoms with van der Waals surface area (Å²) in [5.41, 5.74) is 6.54. The zero-order valence-corrected chi connectivity index (χ0v) is 14.3. The van der Waals surface area contributed by atoms with Gasteiger partial charge in [0.25, 0.3) is 0 Å². The fraction of sp³-hybridized carbons (Fsp3) is 1.00. The molecule has 1 aliphatic rings. The largest absolute Gasteiger partial charge is 0.329 e. The number of nitrogens with two attached hydrogens (primary N) is 1. The lowest BCUT2D eigenvalue weighted by Gasteiger charge is -2.45. The maximum atomic E-state index is 6.24. The predicted octanol–water partition coefficient (Wildman–Crippen LogP) is 2.95. The average molecular weight is 284 g/mol. The summed E-state index contributed by atoms with van der Waals surface area (Å²) in [5.74, 6) is 0.806. The summed E-state index contributed by atoms with van der Waals surface area (Å²) < 4.78 is 0. The Bertz CT molecular complexity index is 253. The van der Waals surface area contributed by atoms with E-state index in [0.717, 1.165) is 19.0 Å².